The lowest BCUT2D eigenvalue weighted by molar-refractivity contribution is -0.155. The predicted octanol–water partition coefficient (Wildman–Crippen LogP) is 4.96. The number of carbonyl (C=O) groups excluding carboxylic acids is 3. The first-order valence-electron chi connectivity index (χ1n) is 17.4. The number of allylic oxidation sites excluding steroid dienone is 1. The summed E-state index contributed by atoms with van der Waals surface area (Å²) in [7, 11) is 0. The van der Waals surface area contributed by atoms with Crippen molar-refractivity contribution in [1.29, 1.82) is 0 Å². The zero-order valence-corrected chi connectivity index (χ0v) is 29.5. The van der Waals surface area contributed by atoms with E-state index in [0.717, 1.165) is 54.3 Å². The predicted molar refractivity (Wildman–Crippen MR) is 202 cm³/mol. The van der Waals surface area contributed by atoms with Crippen LogP contribution in [0.15, 0.2) is 128 Å². The molecule has 8 heteroatoms. The van der Waals surface area contributed by atoms with E-state index in [-0.39, 0.29) is 30.3 Å². The van der Waals surface area contributed by atoms with Gasteiger partial charge in [-0.1, -0.05) is 121 Å². The van der Waals surface area contributed by atoms with Crippen molar-refractivity contribution in [1.82, 2.24) is 9.80 Å². The summed E-state index contributed by atoms with van der Waals surface area (Å²) in [5.74, 6) is -1.48. The molecule has 4 aromatic carbocycles. The van der Waals surface area contributed by atoms with E-state index in [1.54, 1.807) is 17.9 Å². The first-order chi connectivity index (χ1) is 24.4. The normalized spacial score (nSPS) is 18.6. The molecule has 2 saturated heterocycles. The van der Waals surface area contributed by atoms with Gasteiger partial charge in [-0.15, -0.1) is 6.58 Å². The topological polar surface area (TPSA) is 87.2 Å². The van der Waals surface area contributed by atoms with E-state index >= 15 is 0 Å². The van der Waals surface area contributed by atoms with Gasteiger partial charge in [0.05, 0.1) is 36.7 Å². The van der Waals surface area contributed by atoms with Crippen LogP contribution in [0, 0.1) is 5.92 Å². The maximum atomic E-state index is 14.8. The Labute approximate surface area is 295 Å². The van der Waals surface area contributed by atoms with Crippen molar-refractivity contribution in [2.75, 3.05) is 26.3 Å². The van der Waals surface area contributed by atoms with Gasteiger partial charge in [-0.05, 0) is 34.8 Å². The molecule has 0 aromatic heterocycles. The second-order valence-corrected chi connectivity index (χ2v) is 16.3. The van der Waals surface area contributed by atoms with E-state index in [9.17, 15) is 19.5 Å². The fraction of sp³-hybridized carbons (Fsp3) is 0.286. The number of aliphatic hydroxyl groups is 1. The highest BCUT2D eigenvalue weighted by molar-refractivity contribution is 7.96. The quantitative estimate of drug-likeness (QED) is 0.0873. The molecule has 1 amide bonds. The molecule has 6 rings (SSSR count). The van der Waals surface area contributed by atoms with Gasteiger partial charge in [-0.25, -0.2) is 0 Å². The number of ketones is 2. The number of rotatable bonds is 14. The average molecular weight is 689 g/mol. The summed E-state index contributed by atoms with van der Waals surface area (Å²) in [5.41, 5.74) is 2.04. The van der Waals surface area contributed by atoms with Gasteiger partial charge in [0.25, 0.3) is 0 Å². The van der Waals surface area contributed by atoms with Crippen LogP contribution in [0.1, 0.15) is 42.1 Å². The zero-order valence-electron chi connectivity index (χ0n) is 28.6. The Morgan fingerprint density at radius 2 is 1.38 bits per heavy atom. The number of morpholine rings is 1. The molecule has 0 radical (unpaired) electrons. The molecule has 3 atom stereocenters. The molecule has 258 valence electrons. The van der Waals surface area contributed by atoms with Crippen molar-refractivity contribution in [3.05, 3.63) is 139 Å². The summed E-state index contributed by atoms with van der Waals surface area (Å²) < 4.78 is 5.47. The highest BCUT2D eigenvalue weighted by Crippen LogP contribution is 2.50. The molecule has 2 fully saturated rings. The van der Waals surface area contributed by atoms with Gasteiger partial charge in [0, 0.05) is 44.9 Å². The Bertz CT molecular complexity index is 1750. The van der Waals surface area contributed by atoms with Crippen molar-refractivity contribution in [3.63, 3.8) is 0 Å². The SMILES string of the molecule is C=CCCC(=O)C(N1C(=O)[C@H]([C@@H](C)O)[C@H]1CC(=O)c1ccc(CN2CCOCC2)cc1)=P(c1ccccc1)(c1ccccc1)c1ccccc1. The molecule has 2 aliphatic heterocycles. The van der Waals surface area contributed by atoms with E-state index in [2.05, 4.69) is 11.5 Å². The van der Waals surface area contributed by atoms with Crippen LogP contribution < -0.4 is 15.9 Å². The van der Waals surface area contributed by atoms with E-state index in [1.165, 1.54) is 0 Å². The highest BCUT2D eigenvalue weighted by Gasteiger charge is 2.55. The fourth-order valence-electron chi connectivity index (χ4n) is 7.29. The van der Waals surface area contributed by atoms with Gasteiger partial charge in [-0.3, -0.25) is 19.3 Å². The number of hydrogen-bond donors (Lipinski definition) is 1. The first-order valence-corrected chi connectivity index (χ1v) is 19.2. The smallest absolute Gasteiger partial charge is 0.235 e. The molecule has 7 nitrogen and oxygen atoms in total. The summed E-state index contributed by atoms with van der Waals surface area (Å²) in [5, 5.41) is 13.7. The number of amides is 1. The lowest BCUT2D eigenvalue weighted by atomic mass is 9.79. The van der Waals surface area contributed by atoms with Crippen molar-refractivity contribution < 1.29 is 24.2 Å². The van der Waals surface area contributed by atoms with E-state index in [0.29, 0.717) is 17.4 Å². The lowest BCUT2D eigenvalue weighted by Gasteiger charge is -2.51. The molecule has 4 aromatic rings. The van der Waals surface area contributed by atoms with Crippen LogP contribution in [0.4, 0.5) is 0 Å². The third-order valence-corrected chi connectivity index (χ3v) is 14.1. The summed E-state index contributed by atoms with van der Waals surface area (Å²) >= 11 is 0. The molecule has 2 aliphatic rings. The number of ether oxygens (including phenoxy) is 1. The number of aliphatic hydroxyl groups excluding tert-OH is 1. The zero-order chi connectivity index (χ0) is 35.1. The number of likely N-dealkylation sites (tertiary alicyclic amines) is 1. The molecule has 2 heterocycles. The first kappa shape index (κ1) is 35.4. The van der Waals surface area contributed by atoms with Crippen LogP contribution in [0.5, 0.6) is 0 Å². The van der Waals surface area contributed by atoms with Crippen LogP contribution >= 0.6 is 6.89 Å². The summed E-state index contributed by atoms with van der Waals surface area (Å²) in [6.45, 7) is 6.39. The maximum Gasteiger partial charge on any atom is 0.235 e. The molecular weight excluding hydrogens is 643 g/mol. The van der Waals surface area contributed by atoms with Crippen LogP contribution in [0.3, 0.4) is 0 Å². The maximum absolute atomic E-state index is 14.8. The van der Waals surface area contributed by atoms with Gasteiger partial charge in [0.2, 0.25) is 5.91 Å². The Hall–Kier alpha value is -4.39. The van der Waals surface area contributed by atoms with Gasteiger partial charge in [0.15, 0.2) is 11.6 Å². The Balaban J connectivity index is 1.50. The van der Waals surface area contributed by atoms with E-state index < -0.39 is 24.9 Å². The molecule has 50 heavy (non-hydrogen) atoms. The molecular formula is C42H45N2O5P. The van der Waals surface area contributed by atoms with Gasteiger partial charge in [0.1, 0.15) is 0 Å². The number of nitrogens with zero attached hydrogens (tertiary/aromatic N) is 2. The minimum atomic E-state index is -3.02. The standard InChI is InChI=1S/C42H45N2O5P/c1-3-4-20-38(46)42(50(34-14-8-5-9-15-34,35-16-10-6-11-17-35)36-18-12-7-13-19-36)44-37(40(31(2)45)41(44)48)29-39(47)33-23-21-32(22-24-33)30-43-25-27-49-28-26-43/h3,5-19,21-24,31,37,40,45H,1,4,20,25-30H2,2H3/t31-,37-,40-/m1/s1. The van der Waals surface area contributed by atoms with Gasteiger partial charge >= 0.3 is 0 Å². The van der Waals surface area contributed by atoms with Crippen LogP contribution in [0.25, 0.3) is 0 Å². The number of Topliss-reactive ketones (excluding diaryl/α,β-unsaturated/α-hetero) is 2. The number of carbonyl (C=O) groups is 3. The van der Waals surface area contributed by atoms with E-state index in [4.69, 9.17) is 4.74 Å². The van der Waals surface area contributed by atoms with Gasteiger partial charge < -0.3 is 14.7 Å². The number of benzene rings is 4. The minimum absolute atomic E-state index is 0.0271. The molecule has 1 N–H and O–H groups in total. The minimum Gasteiger partial charge on any atom is -0.393 e. The lowest BCUT2D eigenvalue weighted by Crippen LogP contribution is -2.68. The second kappa shape index (κ2) is 16.1. The summed E-state index contributed by atoms with van der Waals surface area (Å²) in [6.07, 6.45) is 1.27. The number of hydrogen-bond acceptors (Lipinski definition) is 6. The van der Waals surface area contributed by atoms with Crippen LogP contribution in [-0.2, 0) is 20.9 Å². The molecule has 0 bridgehead atoms. The highest BCUT2D eigenvalue weighted by atomic mass is 31.2. The molecule has 0 spiro atoms. The molecule has 0 saturated carbocycles. The molecule has 0 unspecified atom stereocenters. The van der Waals surface area contributed by atoms with E-state index in [1.807, 2.05) is 115 Å². The summed E-state index contributed by atoms with van der Waals surface area (Å²) in [6, 6.07) is 36.7. The number of β-lactam (4-membered cyclic amide) rings is 1. The Morgan fingerprint density at radius 1 is 0.860 bits per heavy atom. The Kier molecular flexibility index (Phi) is 11.4. The largest absolute Gasteiger partial charge is 0.393 e. The van der Waals surface area contributed by atoms with Crippen molar-refractivity contribution in [2.24, 2.45) is 5.92 Å². The van der Waals surface area contributed by atoms with Crippen molar-refractivity contribution >= 4 is 45.7 Å². The van der Waals surface area contributed by atoms with Crippen LogP contribution in [-0.4, -0.2) is 76.2 Å². The third kappa shape index (κ3) is 7.10. The van der Waals surface area contributed by atoms with Crippen LogP contribution in [0.2, 0.25) is 0 Å². The van der Waals surface area contributed by atoms with Gasteiger partial charge in [-0.2, -0.15) is 0 Å². The third-order valence-electron chi connectivity index (χ3n) is 9.77. The monoisotopic (exact) mass is 688 g/mol. The summed E-state index contributed by atoms with van der Waals surface area (Å²) in [4.78, 5) is 47.2. The van der Waals surface area contributed by atoms with Crippen molar-refractivity contribution in [3.8, 4) is 0 Å². The van der Waals surface area contributed by atoms with Crippen molar-refractivity contribution in [2.45, 2.75) is 44.9 Å². The Morgan fingerprint density at radius 3 is 1.86 bits per heavy atom. The molecule has 0 aliphatic carbocycles. The average Bonchev–Trinajstić information content (AvgIpc) is 3.15. The second-order valence-electron chi connectivity index (χ2n) is 13.0. The fourth-order valence-corrected chi connectivity index (χ4v) is 11.8.